The molecule has 3 rings (SSSR count). The van der Waals surface area contributed by atoms with Gasteiger partial charge >= 0.3 is 6.09 Å². The van der Waals surface area contributed by atoms with E-state index >= 15 is 0 Å². The summed E-state index contributed by atoms with van der Waals surface area (Å²) < 4.78 is 33.0. The molecule has 1 heterocycles. The van der Waals surface area contributed by atoms with Gasteiger partial charge in [0.05, 0.1) is 12.1 Å². The van der Waals surface area contributed by atoms with Gasteiger partial charge < -0.3 is 20.5 Å². The van der Waals surface area contributed by atoms with Crippen LogP contribution in [-0.2, 0) is 23.1 Å². The summed E-state index contributed by atoms with van der Waals surface area (Å²) in [4.78, 5) is 13.8. The maximum Gasteiger partial charge on any atom is 0.407 e. The Morgan fingerprint density at radius 3 is 2.37 bits per heavy atom. The number of halogens is 2. The van der Waals surface area contributed by atoms with Crippen molar-refractivity contribution in [3.05, 3.63) is 57.3 Å². The molecule has 0 spiro atoms. The number of amides is 1. The first-order valence-corrected chi connectivity index (χ1v) is 13.3. The van der Waals surface area contributed by atoms with E-state index in [2.05, 4.69) is 29.0 Å². The average Bonchev–Trinajstić information content (AvgIpc) is 3.26. The normalized spacial score (nSPS) is 17.6. The highest BCUT2D eigenvalue weighted by Gasteiger charge is 2.36. The predicted octanol–water partition coefficient (Wildman–Crippen LogP) is 5.83. The van der Waals surface area contributed by atoms with E-state index in [9.17, 15) is 18.7 Å². The summed E-state index contributed by atoms with van der Waals surface area (Å²) in [5, 5.41) is 19.7. The number of rotatable bonds is 9. The van der Waals surface area contributed by atoms with Crippen LogP contribution < -0.4 is 10.6 Å². The minimum atomic E-state index is -1.00. The molecule has 1 aliphatic rings. The number of ether oxygens (including phenoxy) is 1. The van der Waals surface area contributed by atoms with Crippen LogP contribution in [0.2, 0.25) is 0 Å². The molecule has 0 saturated heterocycles. The second-order valence-electron chi connectivity index (χ2n) is 10.5. The maximum atomic E-state index is 13.8. The number of hydrogen-bond donors (Lipinski definition) is 3. The molecule has 1 fully saturated rings. The van der Waals surface area contributed by atoms with Gasteiger partial charge in [-0.05, 0) is 81.2 Å². The molecule has 0 aliphatic heterocycles. The fourth-order valence-corrected chi connectivity index (χ4v) is 5.64. The van der Waals surface area contributed by atoms with Gasteiger partial charge in [0.1, 0.15) is 17.2 Å². The minimum Gasteiger partial charge on any atom is -0.444 e. The van der Waals surface area contributed by atoms with Crippen molar-refractivity contribution >= 4 is 17.4 Å². The molecule has 0 unspecified atom stereocenters. The number of carbonyl (C=O) groups is 1. The van der Waals surface area contributed by atoms with E-state index in [0.717, 1.165) is 38.2 Å². The Balaban J connectivity index is 1.78. The quantitative estimate of drug-likeness (QED) is 0.398. The smallest absolute Gasteiger partial charge is 0.407 e. The van der Waals surface area contributed by atoms with Crippen LogP contribution in [0.15, 0.2) is 29.6 Å². The third kappa shape index (κ3) is 7.98. The van der Waals surface area contributed by atoms with E-state index in [1.165, 1.54) is 29.0 Å². The number of benzene rings is 1. The second-order valence-corrected chi connectivity index (χ2v) is 11.5. The molecule has 0 radical (unpaired) electrons. The van der Waals surface area contributed by atoms with E-state index in [4.69, 9.17) is 4.74 Å². The van der Waals surface area contributed by atoms with Crippen LogP contribution in [-0.4, -0.2) is 35.5 Å². The van der Waals surface area contributed by atoms with Gasteiger partial charge in [0.15, 0.2) is 0 Å². The van der Waals surface area contributed by atoms with E-state index < -0.39 is 35.5 Å². The number of thiophene rings is 1. The highest BCUT2D eigenvalue weighted by atomic mass is 32.1. The number of aryl methyl sites for hydroxylation is 1. The lowest BCUT2D eigenvalue weighted by molar-refractivity contribution is 0.0408. The lowest BCUT2D eigenvalue weighted by Gasteiger charge is -2.39. The van der Waals surface area contributed by atoms with Gasteiger partial charge in [-0.1, -0.05) is 26.2 Å². The van der Waals surface area contributed by atoms with Crippen LogP contribution in [0.3, 0.4) is 0 Å². The van der Waals surface area contributed by atoms with Gasteiger partial charge in [-0.3, -0.25) is 0 Å². The average molecular weight is 509 g/mol. The molecule has 2 atom stereocenters. The third-order valence-corrected chi connectivity index (χ3v) is 7.54. The number of aliphatic hydroxyl groups excluding tert-OH is 1. The fraction of sp³-hybridized carbons (Fsp3) is 0.593. The first-order valence-electron chi connectivity index (χ1n) is 12.4. The molecule has 0 bridgehead atoms. The van der Waals surface area contributed by atoms with Crippen LogP contribution in [0, 0.1) is 11.6 Å². The van der Waals surface area contributed by atoms with Gasteiger partial charge in [-0.2, -0.15) is 0 Å². The summed E-state index contributed by atoms with van der Waals surface area (Å²) in [6.45, 7) is 7.61. The first-order chi connectivity index (χ1) is 16.5. The topological polar surface area (TPSA) is 70.6 Å². The first kappa shape index (κ1) is 27.6. The summed E-state index contributed by atoms with van der Waals surface area (Å²) in [6.07, 6.45) is 4.68. The standard InChI is InChI=1S/C27H38F2N2O3S/c1-5-22-14-19(17-35-22)27(9-7-6-8-10-27)30-16-24(32)23(31-25(33)34-26(2,3)4)13-18-11-20(28)15-21(29)12-18/h11-12,14-15,17,23-24,30,32H,5-10,13,16H2,1-4H3,(H,31,33)/t23-,24+/m0/s1. The number of nitrogens with one attached hydrogen (secondary N) is 2. The van der Waals surface area contributed by atoms with E-state index in [1.54, 1.807) is 32.1 Å². The molecule has 35 heavy (non-hydrogen) atoms. The molecule has 1 aliphatic carbocycles. The minimum absolute atomic E-state index is 0.0577. The number of alkyl carbamates (subject to hydrolysis) is 1. The van der Waals surface area contributed by atoms with Crippen LogP contribution in [0.1, 0.15) is 75.8 Å². The summed E-state index contributed by atoms with van der Waals surface area (Å²) >= 11 is 1.75. The van der Waals surface area contributed by atoms with Gasteiger partial charge in [0.25, 0.3) is 0 Å². The maximum absolute atomic E-state index is 13.8. The third-order valence-electron chi connectivity index (χ3n) is 6.46. The fourth-order valence-electron chi connectivity index (χ4n) is 4.71. The van der Waals surface area contributed by atoms with E-state index in [0.29, 0.717) is 5.56 Å². The molecule has 1 amide bonds. The molecule has 1 saturated carbocycles. The highest BCUT2D eigenvalue weighted by Crippen LogP contribution is 2.39. The van der Waals surface area contributed by atoms with Crippen LogP contribution >= 0.6 is 11.3 Å². The lowest BCUT2D eigenvalue weighted by Crippen LogP contribution is -2.53. The second kappa shape index (κ2) is 11.8. The lowest BCUT2D eigenvalue weighted by atomic mass is 9.77. The van der Waals surface area contributed by atoms with Crippen molar-refractivity contribution in [2.75, 3.05) is 6.54 Å². The van der Waals surface area contributed by atoms with Crippen molar-refractivity contribution in [2.45, 2.75) is 95.9 Å². The molecular weight excluding hydrogens is 470 g/mol. The largest absolute Gasteiger partial charge is 0.444 e. The molecule has 5 nitrogen and oxygen atoms in total. The SMILES string of the molecule is CCc1cc(C2(NC[C@@H](O)[C@H](Cc3cc(F)cc(F)c3)NC(=O)OC(C)(C)C)CCCCC2)cs1. The van der Waals surface area contributed by atoms with Crippen molar-refractivity contribution in [1.82, 2.24) is 10.6 Å². The monoisotopic (exact) mass is 508 g/mol. The number of aliphatic hydroxyl groups is 1. The Kier molecular flexibility index (Phi) is 9.29. The Bertz CT molecular complexity index is 963. The summed E-state index contributed by atoms with van der Waals surface area (Å²) in [5.41, 5.74) is 0.644. The molecule has 3 N–H and O–H groups in total. The van der Waals surface area contributed by atoms with Crippen molar-refractivity contribution in [3.8, 4) is 0 Å². The summed E-state index contributed by atoms with van der Waals surface area (Å²) in [5.74, 6) is -1.40. The van der Waals surface area contributed by atoms with Gasteiger partial charge in [0.2, 0.25) is 0 Å². The zero-order valence-electron chi connectivity index (χ0n) is 21.1. The van der Waals surface area contributed by atoms with Gasteiger partial charge in [0, 0.05) is 23.0 Å². The molecule has 1 aromatic carbocycles. The summed E-state index contributed by atoms with van der Waals surface area (Å²) in [6, 6.07) is 4.69. The summed E-state index contributed by atoms with van der Waals surface area (Å²) in [7, 11) is 0. The number of carbonyl (C=O) groups excluding carboxylic acids is 1. The van der Waals surface area contributed by atoms with E-state index in [1.807, 2.05) is 0 Å². The van der Waals surface area contributed by atoms with Crippen LogP contribution in [0.5, 0.6) is 0 Å². The van der Waals surface area contributed by atoms with Gasteiger partial charge in [-0.15, -0.1) is 11.3 Å². The number of hydrogen-bond acceptors (Lipinski definition) is 5. The van der Waals surface area contributed by atoms with Gasteiger partial charge in [-0.25, -0.2) is 13.6 Å². The van der Waals surface area contributed by atoms with Crippen molar-refractivity contribution in [1.29, 1.82) is 0 Å². The zero-order chi connectivity index (χ0) is 25.6. The van der Waals surface area contributed by atoms with Crippen molar-refractivity contribution in [2.24, 2.45) is 0 Å². The Labute approximate surface area is 211 Å². The molecule has 194 valence electrons. The Morgan fingerprint density at radius 2 is 1.80 bits per heavy atom. The Hall–Kier alpha value is -2.03. The van der Waals surface area contributed by atoms with Crippen LogP contribution in [0.4, 0.5) is 13.6 Å². The zero-order valence-corrected chi connectivity index (χ0v) is 21.9. The Morgan fingerprint density at radius 1 is 1.14 bits per heavy atom. The molecule has 8 heteroatoms. The molecular formula is C27H38F2N2O3S. The van der Waals surface area contributed by atoms with Crippen LogP contribution in [0.25, 0.3) is 0 Å². The molecule has 2 aromatic rings. The molecule has 1 aromatic heterocycles. The van der Waals surface area contributed by atoms with Crippen molar-refractivity contribution < 1.29 is 23.4 Å². The highest BCUT2D eigenvalue weighted by molar-refractivity contribution is 7.10. The predicted molar refractivity (Wildman–Crippen MR) is 136 cm³/mol. The van der Waals surface area contributed by atoms with Crippen molar-refractivity contribution in [3.63, 3.8) is 0 Å². The van der Waals surface area contributed by atoms with E-state index in [-0.39, 0.29) is 18.5 Å².